The number of hydrogen-bond donors (Lipinski definition) is 0. The lowest BCUT2D eigenvalue weighted by Crippen LogP contribution is -2.57. The first-order valence-electron chi connectivity index (χ1n) is 10.6. The van der Waals surface area contributed by atoms with Crippen molar-refractivity contribution in [2.45, 2.75) is 64.4 Å². The van der Waals surface area contributed by atoms with Crippen LogP contribution in [0.2, 0.25) is 0 Å². The van der Waals surface area contributed by atoms with Crippen LogP contribution in [0.3, 0.4) is 0 Å². The number of urea groups is 1. The molecule has 10 heteroatoms. The molecule has 2 heterocycles. The summed E-state index contributed by atoms with van der Waals surface area (Å²) in [5.74, 6) is -0.439. The van der Waals surface area contributed by atoms with Gasteiger partial charge in [0.2, 0.25) is 0 Å². The SMILES string of the molecule is CCN1C(=O)N(Cc2cccc(C(F)(F)F)c2)C(=O)C12CCN(C(=O)OC(C)(C)C)CC2. The molecule has 0 radical (unpaired) electrons. The fraction of sp³-hybridized carbons (Fsp3) is 0.591. The van der Waals surface area contributed by atoms with Crippen molar-refractivity contribution in [1.29, 1.82) is 0 Å². The first-order chi connectivity index (χ1) is 14.8. The van der Waals surface area contributed by atoms with Crippen LogP contribution in [0.4, 0.5) is 22.8 Å². The van der Waals surface area contributed by atoms with E-state index in [1.807, 2.05) is 0 Å². The Morgan fingerprint density at radius 3 is 2.28 bits per heavy atom. The fourth-order valence-electron chi connectivity index (χ4n) is 4.26. The molecule has 0 saturated carbocycles. The minimum atomic E-state index is -4.51. The first kappa shape index (κ1) is 23.9. The lowest BCUT2D eigenvalue weighted by atomic mass is 9.86. The minimum absolute atomic E-state index is 0.223. The van der Waals surface area contributed by atoms with Crippen LogP contribution in [0.1, 0.15) is 51.7 Å². The van der Waals surface area contributed by atoms with Crippen molar-refractivity contribution in [3.8, 4) is 0 Å². The summed E-state index contributed by atoms with van der Waals surface area (Å²) in [6, 6.07) is 4.09. The van der Waals surface area contributed by atoms with E-state index in [2.05, 4.69) is 0 Å². The molecule has 32 heavy (non-hydrogen) atoms. The van der Waals surface area contributed by atoms with Gasteiger partial charge in [-0.25, -0.2) is 9.59 Å². The van der Waals surface area contributed by atoms with E-state index in [1.54, 1.807) is 27.7 Å². The van der Waals surface area contributed by atoms with Crippen LogP contribution < -0.4 is 0 Å². The Labute approximate surface area is 185 Å². The number of ether oxygens (including phenoxy) is 1. The summed E-state index contributed by atoms with van der Waals surface area (Å²) in [5, 5.41) is 0. The van der Waals surface area contributed by atoms with E-state index in [9.17, 15) is 27.6 Å². The third kappa shape index (κ3) is 4.54. The van der Waals surface area contributed by atoms with E-state index in [-0.39, 0.29) is 44.6 Å². The van der Waals surface area contributed by atoms with E-state index in [0.717, 1.165) is 17.0 Å². The average molecular weight is 455 g/mol. The monoisotopic (exact) mass is 455 g/mol. The van der Waals surface area contributed by atoms with Gasteiger partial charge in [-0.15, -0.1) is 0 Å². The van der Waals surface area contributed by atoms with E-state index in [4.69, 9.17) is 4.74 Å². The fourth-order valence-corrected chi connectivity index (χ4v) is 4.26. The highest BCUT2D eigenvalue weighted by Crippen LogP contribution is 2.38. The number of likely N-dealkylation sites (N-methyl/N-ethyl adjacent to an activating group) is 1. The highest BCUT2D eigenvalue weighted by Gasteiger charge is 2.57. The van der Waals surface area contributed by atoms with Crippen molar-refractivity contribution in [1.82, 2.24) is 14.7 Å². The van der Waals surface area contributed by atoms with Crippen LogP contribution in [0.5, 0.6) is 0 Å². The maximum atomic E-state index is 13.4. The molecule has 2 aliphatic rings. The molecule has 1 aromatic rings. The lowest BCUT2D eigenvalue weighted by molar-refractivity contribution is -0.137. The molecule has 176 valence electrons. The van der Waals surface area contributed by atoms with Crippen LogP contribution in [0.25, 0.3) is 0 Å². The van der Waals surface area contributed by atoms with E-state index in [0.29, 0.717) is 0 Å². The van der Waals surface area contributed by atoms with Gasteiger partial charge in [0.1, 0.15) is 11.1 Å². The molecule has 2 aliphatic heterocycles. The van der Waals surface area contributed by atoms with Gasteiger partial charge < -0.3 is 14.5 Å². The van der Waals surface area contributed by atoms with Crippen molar-refractivity contribution in [3.05, 3.63) is 35.4 Å². The molecule has 1 aromatic carbocycles. The Morgan fingerprint density at radius 1 is 1.12 bits per heavy atom. The highest BCUT2D eigenvalue weighted by atomic mass is 19.4. The third-order valence-corrected chi connectivity index (χ3v) is 5.78. The largest absolute Gasteiger partial charge is 0.444 e. The van der Waals surface area contributed by atoms with Gasteiger partial charge in [0.05, 0.1) is 12.1 Å². The number of benzene rings is 1. The quantitative estimate of drug-likeness (QED) is 0.639. The van der Waals surface area contributed by atoms with Crippen molar-refractivity contribution < 1.29 is 32.3 Å². The predicted molar refractivity (Wildman–Crippen MR) is 110 cm³/mol. The standard InChI is InChI=1S/C22H28F3N3O4/c1-5-28-18(30)27(14-15-7-6-8-16(13-15)22(23,24)25)17(29)21(28)9-11-26(12-10-21)19(31)32-20(2,3)4/h6-8,13H,5,9-12,14H2,1-4H3. The first-order valence-corrected chi connectivity index (χ1v) is 10.6. The van der Waals surface area contributed by atoms with Crippen LogP contribution in [-0.2, 0) is 22.3 Å². The Morgan fingerprint density at radius 2 is 1.75 bits per heavy atom. The van der Waals surface area contributed by atoms with Gasteiger partial charge in [-0.2, -0.15) is 13.2 Å². The molecule has 2 saturated heterocycles. The summed E-state index contributed by atoms with van der Waals surface area (Å²) in [7, 11) is 0. The lowest BCUT2D eigenvalue weighted by Gasteiger charge is -2.41. The molecule has 1 spiro atoms. The Bertz CT molecular complexity index is 902. The van der Waals surface area contributed by atoms with Gasteiger partial charge >= 0.3 is 18.3 Å². The Balaban J connectivity index is 1.78. The normalized spacial score (nSPS) is 19.2. The van der Waals surface area contributed by atoms with E-state index < -0.39 is 40.9 Å². The third-order valence-electron chi connectivity index (χ3n) is 5.78. The van der Waals surface area contributed by atoms with Gasteiger partial charge in [0.25, 0.3) is 5.91 Å². The van der Waals surface area contributed by atoms with E-state index >= 15 is 0 Å². The summed E-state index contributed by atoms with van der Waals surface area (Å²) in [6.45, 7) is 7.55. The summed E-state index contributed by atoms with van der Waals surface area (Å²) in [4.78, 5) is 42.7. The smallest absolute Gasteiger partial charge is 0.416 e. The second-order valence-electron chi connectivity index (χ2n) is 9.12. The van der Waals surface area contributed by atoms with Crippen molar-refractivity contribution >= 4 is 18.0 Å². The average Bonchev–Trinajstić information content (AvgIpc) is 2.88. The van der Waals surface area contributed by atoms with Crippen LogP contribution >= 0.6 is 0 Å². The predicted octanol–water partition coefficient (Wildman–Crippen LogP) is 4.26. The number of halogens is 3. The van der Waals surface area contributed by atoms with Crippen LogP contribution in [-0.4, -0.2) is 63.5 Å². The molecule has 4 amide bonds. The molecule has 7 nitrogen and oxygen atoms in total. The number of carbonyl (C=O) groups excluding carboxylic acids is 3. The molecule has 0 unspecified atom stereocenters. The topological polar surface area (TPSA) is 70.2 Å². The van der Waals surface area contributed by atoms with Crippen LogP contribution in [0, 0.1) is 0 Å². The number of hydrogen-bond acceptors (Lipinski definition) is 4. The summed E-state index contributed by atoms with van der Waals surface area (Å²) < 4.78 is 44.5. The van der Waals surface area contributed by atoms with Crippen molar-refractivity contribution in [2.75, 3.05) is 19.6 Å². The number of piperidine rings is 1. The second kappa shape index (κ2) is 8.29. The molecule has 0 N–H and O–H groups in total. The summed E-state index contributed by atoms with van der Waals surface area (Å²) in [6.07, 6.45) is -4.51. The zero-order chi connectivity index (χ0) is 23.9. The maximum Gasteiger partial charge on any atom is 0.416 e. The Hall–Kier alpha value is -2.78. The summed E-state index contributed by atoms with van der Waals surface area (Å²) >= 11 is 0. The van der Waals surface area contributed by atoms with Gasteiger partial charge in [0, 0.05) is 19.6 Å². The van der Waals surface area contributed by atoms with Crippen molar-refractivity contribution in [3.63, 3.8) is 0 Å². The molecular weight excluding hydrogens is 427 g/mol. The Kier molecular flexibility index (Phi) is 6.19. The zero-order valence-electron chi connectivity index (χ0n) is 18.7. The number of alkyl halides is 3. The number of likely N-dealkylation sites (tertiary alicyclic amines) is 1. The molecule has 0 atom stereocenters. The van der Waals surface area contributed by atoms with Gasteiger partial charge in [-0.1, -0.05) is 12.1 Å². The number of rotatable bonds is 3. The van der Waals surface area contributed by atoms with E-state index in [1.165, 1.54) is 21.9 Å². The summed E-state index contributed by atoms with van der Waals surface area (Å²) in [5.41, 5.74) is -2.36. The molecule has 2 fully saturated rings. The molecule has 0 aliphatic carbocycles. The number of nitrogens with zero attached hydrogens (tertiary/aromatic N) is 3. The van der Waals surface area contributed by atoms with Crippen molar-refractivity contribution in [2.24, 2.45) is 0 Å². The second-order valence-corrected chi connectivity index (χ2v) is 9.12. The van der Waals surface area contributed by atoms with Crippen LogP contribution in [0.15, 0.2) is 24.3 Å². The zero-order valence-corrected chi connectivity index (χ0v) is 18.7. The minimum Gasteiger partial charge on any atom is -0.444 e. The van der Waals surface area contributed by atoms with Gasteiger partial charge in [0.15, 0.2) is 0 Å². The molecule has 0 aromatic heterocycles. The molecular formula is C22H28F3N3O4. The maximum absolute atomic E-state index is 13.4. The molecule has 0 bridgehead atoms. The number of carbonyl (C=O) groups is 3. The number of amides is 4. The van der Waals surface area contributed by atoms with Gasteiger partial charge in [-0.05, 0) is 58.2 Å². The highest BCUT2D eigenvalue weighted by molar-refractivity contribution is 6.07. The number of imide groups is 1. The van der Waals surface area contributed by atoms with Gasteiger partial charge in [-0.3, -0.25) is 9.69 Å². The molecule has 3 rings (SSSR count).